The Bertz CT molecular complexity index is 1290. The number of aromatic nitrogens is 1. The lowest BCUT2D eigenvalue weighted by atomic mass is 10.0. The van der Waals surface area contributed by atoms with Gasteiger partial charge in [-0.1, -0.05) is 57.2 Å². The van der Waals surface area contributed by atoms with Gasteiger partial charge < -0.3 is 15.1 Å². The van der Waals surface area contributed by atoms with E-state index in [0.717, 1.165) is 22.6 Å². The summed E-state index contributed by atoms with van der Waals surface area (Å²) in [6, 6.07) is 9.75. The highest BCUT2D eigenvalue weighted by Crippen LogP contribution is 2.41. The van der Waals surface area contributed by atoms with Gasteiger partial charge in [0.25, 0.3) is 0 Å². The molecule has 1 aliphatic carbocycles. The number of nitrogens with zero attached hydrogens (tertiary/aromatic N) is 4. The van der Waals surface area contributed by atoms with E-state index in [4.69, 9.17) is 0 Å². The van der Waals surface area contributed by atoms with E-state index in [1.54, 1.807) is 43.3 Å². The van der Waals surface area contributed by atoms with Crippen LogP contribution in [0.3, 0.4) is 0 Å². The van der Waals surface area contributed by atoms with Crippen LogP contribution in [-0.4, -0.2) is 82.3 Å². The van der Waals surface area contributed by atoms with Crippen molar-refractivity contribution in [2.45, 2.75) is 64.2 Å². The quantitative estimate of drug-likeness (QED) is 0.511. The van der Waals surface area contributed by atoms with Crippen LogP contribution >= 0.6 is 0 Å². The number of imide groups is 1. The Kier molecular flexibility index (Phi) is 9.35. The topological polar surface area (TPSA) is 103 Å². The van der Waals surface area contributed by atoms with Gasteiger partial charge in [0.15, 0.2) is 0 Å². The average molecular weight is 570 g/mol. The first-order chi connectivity index (χ1) is 19.6. The first kappa shape index (κ1) is 30.1. The molecule has 4 unspecified atom stereocenters. The summed E-state index contributed by atoms with van der Waals surface area (Å²) in [4.78, 5) is 58.8. The number of pyridine rings is 1. The van der Waals surface area contributed by atoms with E-state index in [1.807, 2.05) is 19.9 Å². The lowest BCUT2D eigenvalue weighted by Gasteiger charge is -2.36. The highest BCUT2D eigenvalue weighted by atomic mass is 19.1. The highest BCUT2D eigenvalue weighted by Gasteiger charge is 2.43. The molecule has 0 spiro atoms. The van der Waals surface area contributed by atoms with Gasteiger partial charge in [0.1, 0.15) is 18.8 Å². The number of carbonyl (C=O) groups excluding carboxylic acids is 4. The minimum atomic E-state index is -1.42. The monoisotopic (exact) mass is 569 g/mol. The molecule has 3 aliphatic rings. The van der Waals surface area contributed by atoms with Gasteiger partial charge in [0.05, 0.1) is 24.2 Å². The molecule has 3 fully saturated rings. The number of nitrogens with one attached hydrogen (secondary N) is 1. The summed E-state index contributed by atoms with van der Waals surface area (Å²) < 4.78 is 29.4. The Balaban J connectivity index is 0.00000189. The number of benzene rings is 1. The smallest absolute Gasteiger partial charge is 0.326 e. The highest BCUT2D eigenvalue weighted by molar-refractivity contribution is 5.99. The standard InChI is InChI=1S/C28H31F2N5O4.C2H6/c1-16-13-34(28(39)33(2)27(16)38)15-23(36)35-14-19(29)12-22(35)26(37)32-24(18-6-4-3-5-7-18)21-11-10-20(17-8-9-17)25(30)31-21;1-2/h3-7,10-11,16-17,19,22,24H,8-9,12-15H2,1-2H3,(H,32,37);1-2H3. The van der Waals surface area contributed by atoms with Crippen LogP contribution in [0.5, 0.6) is 0 Å². The Morgan fingerprint density at radius 3 is 2.39 bits per heavy atom. The van der Waals surface area contributed by atoms with E-state index >= 15 is 0 Å². The molecule has 1 aromatic heterocycles. The van der Waals surface area contributed by atoms with Gasteiger partial charge in [0, 0.05) is 25.6 Å². The fourth-order valence-electron chi connectivity index (χ4n) is 5.35. The number of likely N-dealkylation sites (tertiary alicyclic amines) is 1. The van der Waals surface area contributed by atoms with Crippen LogP contribution in [-0.2, 0) is 14.4 Å². The molecule has 9 nitrogen and oxygen atoms in total. The second-order valence-corrected chi connectivity index (χ2v) is 10.6. The molecule has 0 bridgehead atoms. The predicted octanol–water partition coefficient (Wildman–Crippen LogP) is 3.80. The minimum absolute atomic E-state index is 0.0572. The van der Waals surface area contributed by atoms with Crippen LogP contribution in [0.1, 0.15) is 68.8 Å². The molecule has 4 atom stereocenters. The molecule has 41 heavy (non-hydrogen) atoms. The zero-order valence-corrected chi connectivity index (χ0v) is 23.8. The Hall–Kier alpha value is -3.89. The van der Waals surface area contributed by atoms with Crippen molar-refractivity contribution in [3.63, 3.8) is 0 Å². The molecule has 220 valence electrons. The Morgan fingerprint density at radius 1 is 1.07 bits per heavy atom. The van der Waals surface area contributed by atoms with Crippen LogP contribution in [0, 0.1) is 11.9 Å². The summed E-state index contributed by atoms with van der Waals surface area (Å²) in [6.07, 6.45) is 0.209. The normalized spacial score (nSPS) is 23.2. The molecular formula is C30H37F2N5O4. The number of carbonyl (C=O) groups is 4. The molecule has 1 N–H and O–H groups in total. The number of hydrogen-bond acceptors (Lipinski definition) is 5. The first-order valence-electron chi connectivity index (χ1n) is 14.2. The molecule has 11 heteroatoms. The lowest BCUT2D eigenvalue weighted by Crippen LogP contribution is -2.57. The second kappa shape index (κ2) is 12.7. The van der Waals surface area contributed by atoms with Crippen LogP contribution in [0.15, 0.2) is 42.5 Å². The fraction of sp³-hybridized carbons (Fsp3) is 0.500. The van der Waals surface area contributed by atoms with E-state index in [2.05, 4.69) is 10.3 Å². The average Bonchev–Trinajstić information content (AvgIpc) is 3.74. The van der Waals surface area contributed by atoms with Gasteiger partial charge in [-0.3, -0.25) is 19.3 Å². The van der Waals surface area contributed by atoms with Crippen molar-refractivity contribution in [3.05, 3.63) is 65.2 Å². The van der Waals surface area contributed by atoms with Crippen LogP contribution in [0.25, 0.3) is 0 Å². The van der Waals surface area contributed by atoms with Gasteiger partial charge in [-0.15, -0.1) is 0 Å². The number of alkyl halides is 1. The van der Waals surface area contributed by atoms with Crippen molar-refractivity contribution >= 4 is 23.8 Å². The number of rotatable bonds is 7. The van der Waals surface area contributed by atoms with Crippen molar-refractivity contribution in [2.75, 3.05) is 26.7 Å². The summed E-state index contributed by atoms with van der Waals surface area (Å²) in [7, 11) is 1.35. The predicted molar refractivity (Wildman–Crippen MR) is 148 cm³/mol. The van der Waals surface area contributed by atoms with Crippen molar-refractivity contribution in [2.24, 2.45) is 5.92 Å². The number of amides is 5. The molecule has 5 rings (SSSR count). The van der Waals surface area contributed by atoms with E-state index < -0.39 is 48.0 Å². The van der Waals surface area contributed by atoms with Crippen molar-refractivity contribution < 1.29 is 28.0 Å². The van der Waals surface area contributed by atoms with Gasteiger partial charge in [-0.2, -0.15) is 4.39 Å². The third-order valence-electron chi connectivity index (χ3n) is 7.63. The number of urea groups is 1. The summed E-state index contributed by atoms with van der Waals surface area (Å²) in [5, 5.41) is 2.86. The van der Waals surface area contributed by atoms with E-state index in [-0.39, 0.29) is 37.9 Å². The third-order valence-corrected chi connectivity index (χ3v) is 7.63. The zero-order chi connectivity index (χ0) is 29.8. The molecule has 2 aromatic rings. The second-order valence-electron chi connectivity index (χ2n) is 10.6. The maximum Gasteiger partial charge on any atom is 0.326 e. The van der Waals surface area contributed by atoms with Crippen LogP contribution in [0.2, 0.25) is 0 Å². The number of hydrogen-bond donors (Lipinski definition) is 1. The van der Waals surface area contributed by atoms with E-state index in [9.17, 15) is 28.0 Å². The lowest BCUT2D eigenvalue weighted by molar-refractivity contribution is -0.141. The van der Waals surface area contributed by atoms with Crippen molar-refractivity contribution in [1.82, 2.24) is 25.0 Å². The van der Waals surface area contributed by atoms with Gasteiger partial charge in [-0.05, 0) is 30.4 Å². The minimum Gasteiger partial charge on any atom is -0.342 e. The molecule has 2 aliphatic heterocycles. The number of halogens is 2. The van der Waals surface area contributed by atoms with Crippen LogP contribution in [0.4, 0.5) is 13.6 Å². The Morgan fingerprint density at radius 2 is 1.76 bits per heavy atom. The fourth-order valence-corrected chi connectivity index (χ4v) is 5.35. The Labute approximate surface area is 238 Å². The molecule has 1 aromatic carbocycles. The van der Waals surface area contributed by atoms with Gasteiger partial charge >= 0.3 is 6.03 Å². The molecule has 0 radical (unpaired) electrons. The first-order valence-corrected chi connectivity index (χ1v) is 14.2. The summed E-state index contributed by atoms with van der Waals surface area (Å²) in [6.45, 7) is 5.04. The maximum atomic E-state index is 14.8. The third kappa shape index (κ3) is 6.55. The summed E-state index contributed by atoms with van der Waals surface area (Å²) in [5.41, 5.74) is 1.51. The van der Waals surface area contributed by atoms with Crippen molar-refractivity contribution in [1.29, 1.82) is 0 Å². The summed E-state index contributed by atoms with van der Waals surface area (Å²) in [5.74, 6) is -2.42. The largest absolute Gasteiger partial charge is 0.342 e. The molecular weight excluding hydrogens is 532 g/mol. The SMILES string of the molecule is CC.CC1CN(CC(=O)N2CC(F)CC2C(=O)NC(c2ccccc2)c2ccc(C3CC3)c(F)n2)C(=O)N(C)C1=O. The zero-order valence-electron chi connectivity index (χ0n) is 23.8. The van der Waals surface area contributed by atoms with E-state index in [0.29, 0.717) is 16.8 Å². The molecule has 1 saturated carbocycles. The summed E-state index contributed by atoms with van der Waals surface area (Å²) >= 11 is 0. The molecule has 2 saturated heterocycles. The molecule has 5 amide bonds. The van der Waals surface area contributed by atoms with Crippen molar-refractivity contribution in [3.8, 4) is 0 Å². The maximum absolute atomic E-state index is 14.8. The van der Waals surface area contributed by atoms with Gasteiger partial charge in [0.2, 0.25) is 23.7 Å². The van der Waals surface area contributed by atoms with Crippen LogP contribution < -0.4 is 5.32 Å². The van der Waals surface area contributed by atoms with Gasteiger partial charge in [-0.25, -0.2) is 14.2 Å². The molecule has 3 heterocycles. The van der Waals surface area contributed by atoms with E-state index in [1.165, 1.54) is 11.9 Å².